The topological polar surface area (TPSA) is 47.2 Å². The van der Waals surface area contributed by atoms with Crippen molar-refractivity contribution in [2.45, 2.75) is 58.2 Å². The minimum Gasteiger partial charge on any atom is -0.494 e. The second-order valence-electron chi connectivity index (χ2n) is 8.69. The number of unbranched alkanes of at least 4 members (excludes halogenated alkanes) is 3. The normalized spacial score (nSPS) is 19.0. The van der Waals surface area contributed by atoms with Gasteiger partial charge >= 0.3 is 0 Å². The molecule has 5 nitrogen and oxygen atoms in total. The molecule has 33 heavy (non-hydrogen) atoms. The van der Waals surface area contributed by atoms with Gasteiger partial charge in [-0.25, -0.2) is 5.01 Å². The van der Waals surface area contributed by atoms with Crippen LogP contribution in [0.2, 0.25) is 0 Å². The van der Waals surface area contributed by atoms with E-state index in [2.05, 4.69) is 46.1 Å². The zero-order chi connectivity index (χ0) is 22.8. The lowest BCUT2D eigenvalue weighted by Gasteiger charge is -2.38. The molecule has 2 aromatic carbocycles. The molecule has 0 aliphatic carbocycles. The molecule has 3 heterocycles. The number of hydrazone groups is 1. The molecule has 0 N–H and O–H groups in total. The summed E-state index contributed by atoms with van der Waals surface area (Å²) in [5.41, 5.74) is 3.13. The first-order valence-electron chi connectivity index (χ1n) is 11.7. The maximum Gasteiger partial charge on any atom is 0.213 e. The fourth-order valence-electron chi connectivity index (χ4n) is 4.46. The van der Waals surface area contributed by atoms with Gasteiger partial charge in [0.15, 0.2) is 0 Å². The summed E-state index contributed by atoms with van der Waals surface area (Å²) in [4.78, 5) is 0. The molecule has 5 rings (SSSR count). The van der Waals surface area contributed by atoms with Crippen LogP contribution in [0.3, 0.4) is 0 Å². The summed E-state index contributed by atoms with van der Waals surface area (Å²) in [6.07, 6.45) is 5.26. The summed E-state index contributed by atoms with van der Waals surface area (Å²) >= 11 is 3.61. The number of halogens is 1. The highest BCUT2D eigenvalue weighted by Gasteiger charge is 2.41. The Balaban J connectivity index is 1.39. The van der Waals surface area contributed by atoms with E-state index in [9.17, 15) is 0 Å². The highest BCUT2D eigenvalue weighted by molar-refractivity contribution is 9.10. The molecule has 0 spiro atoms. The monoisotopic (exact) mass is 508 g/mol. The number of hydrogen-bond donors (Lipinski definition) is 0. The highest BCUT2D eigenvalue weighted by Crippen LogP contribution is 2.48. The van der Waals surface area contributed by atoms with E-state index in [0.717, 1.165) is 63.8 Å². The van der Waals surface area contributed by atoms with Crippen LogP contribution in [0.15, 0.2) is 68.6 Å². The zero-order valence-corrected chi connectivity index (χ0v) is 20.7. The number of aryl methyl sites for hydroxylation is 1. The fraction of sp³-hybridized carbons (Fsp3) is 0.370. The van der Waals surface area contributed by atoms with Crippen molar-refractivity contribution in [1.82, 2.24) is 5.01 Å². The Kier molecular flexibility index (Phi) is 6.45. The van der Waals surface area contributed by atoms with Gasteiger partial charge in [-0.15, -0.1) is 0 Å². The average Bonchev–Trinajstić information content (AvgIpc) is 3.46. The molecule has 0 saturated carbocycles. The average molecular weight is 509 g/mol. The summed E-state index contributed by atoms with van der Waals surface area (Å²) in [6, 6.07) is 18.5. The van der Waals surface area contributed by atoms with Crippen molar-refractivity contribution in [2.24, 2.45) is 5.10 Å². The van der Waals surface area contributed by atoms with Crippen molar-refractivity contribution in [3.8, 4) is 11.5 Å². The van der Waals surface area contributed by atoms with Gasteiger partial charge in [0.1, 0.15) is 28.7 Å². The van der Waals surface area contributed by atoms with Crippen molar-refractivity contribution in [3.63, 3.8) is 0 Å². The minimum atomic E-state index is -0.309. The third-order valence-corrected chi connectivity index (χ3v) is 6.70. The largest absolute Gasteiger partial charge is 0.494 e. The molecule has 2 unspecified atom stereocenters. The summed E-state index contributed by atoms with van der Waals surface area (Å²) in [6.45, 7) is 4.93. The number of rotatable bonds is 8. The Morgan fingerprint density at radius 2 is 1.91 bits per heavy atom. The van der Waals surface area contributed by atoms with E-state index in [1.54, 1.807) is 0 Å². The molecule has 3 aromatic rings. The molecule has 0 fully saturated rings. The highest BCUT2D eigenvalue weighted by atomic mass is 79.9. The van der Waals surface area contributed by atoms with Crippen LogP contribution >= 0.6 is 15.9 Å². The van der Waals surface area contributed by atoms with Crippen molar-refractivity contribution in [1.29, 1.82) is 0 Å². The second-order valence-corrected chi connectivity index (χ2v) is 9.60. The molecule has 1 aromatic heterocycles. The summed E-state index contributed by atoms with van der Waals surface area (Å²) in [7, 11) is 0. The van der Waals surface area contributed by atoms with Crippen LogP contribution in [0.25, 0.3) is 0 Å². The molecule has 2 aliphatic heterocycles. The number of fused-ring (bicyclic) bond motifs is 3. The Labute approximate surface area is 203 Å². The predicted molar refractivity (Wildman–Crippen MR) is 133 cm³/mol. The third-order valence-electron chi connectivity index (χ3n) is 6.21. The quantitative estimate of drug-likeness (QED) is 0.294. The van der Waals surface area contributed by atoms with Crippen LogP contribution in [0, 0.1) is 6.92 Å². The van der Waals surface area contributed by atoms with Crippen molar-refractivity contribution in [2.75, 3.05) is 6.61 Å². The smallest absolute Gasteiger partial charge is 0.213 e. The van der Waals surface area contributed by atoms with E-state index in [0.29, 0.717) is 0 Å². The van der Waals surface area contributed by atoms with E-state index in [1.807, 2.05) is 43.3 Å². The molecule has 2 aliphatic rings. The number of nitrogens with zero attached hydrogens (tertiary/aromatic N) is 2. The maximum absolute atomic E-state index is 6.47. The number of furan rings is 1. The van der Waals surface area contributed by atoms with Gasteiger partial charge < -0.3 is 13.9 Å². The molecular weight excluding hydrogens is 480 g/mol. The van der Waals surface area contributed by atoms with Crippen molar-refractivity contribution < 1.29 is 13.9 Å². The molecular formula is C27H29BrN2O3. The lowest BCUT2D eigenvalue weighted by Crippen LogP contribution is -2.33. The third kappa shape index (κ3) is 4.67. The van der Waals surface area contributed by atoms with Crippen LogP contribution in [-0.2, 0) is 0 Å². The first-order chi connectivity index (χ1) is 16.1. The number of ether oxygens (including phenoxy) is 2. The van der Waals surface area contributed by atoms with Gasteiger partial charge in [0.05, 0.1) is 12.6 Å². The summed E-state index contributed by atoms with van der Waals surface area (Å²) < 4.78 is 19.3. The first-order valence-corrected chi connectivity index (χ1v) is 12.5. The van der Waals surface area contributed by atoms with Crippen LogP contribution in [-0.4, -0.2) is 17.3 Å². The molecule has 0 radical (unpaired) electrons. The van der Waals surface area contributed by atoms with Crippen LogP contribution in [0.1, 0.15) is 73.9 Å². The molecule has 0 bridgehead atoms. The Morgan fingerprint density at radius 1 is 1.06 bits per heavy atom. The van der Waals surface area contributed by atoms with Crippen molar-refractivity contribution in [3.05, 3.63) is 81.7 Å². The lowest BCUT2D eigenvalue weighted by molar-refractivity contribution is -0.0191. The van der Waals surface area contributed by atoms with Gasteiger partial charge in [-0.1, -0.05) is 42.1 Å². The predicted octanol–water partition coefficient (Wildman–Crippen LogP) is 7.55. The van der Waals surface area contributed by atoms with Gasteiger partial charge in [-0.05, 0) is 67.9 Å². The van der Waals surface area contributed by atoms with Gasteiger partial charge in [0.2, 0.25) is 6.23 Å². The summed E-state index contributed by atoms with van der Waals surface area (Å²) in [5, 5.41) is 7.04. The maximum atomic E-state index is 6.47. The van der Waals surface area contributed by atoms with Crippen molar-refractivity contribution >= 4 is 21.6 Å². The minimum absolute atomic E-state index is 0.0890. The Bertz CT molecular complexity index is 1140. The first kappa shape index (κ1) is 22.1. The number of benzene rings is 2. The molecule has 0 saturated heterocycles. The summed E-state index contributed by atoms with van der Waals surface area (Å²) in [5.74, 6) is 3.50. The Morgan fingerprint density at radius 3 is 2.67 bits per heavy atom. The van der Waals surface area contributed by atoms with E-state index < -0.39 is 0 Å². The second kappa shape index (κ2) is 9.64. The van der Waals surface area contributed by atoms with Gasteiger partial charge in [0.25, 0.3) is 0 Å². The van der Waals surface area contributed by atoms with Crippen LogP contribution < -0.4 is 9.47 Å². The van der Waals surface area contributed by atoms with Gasteiger partial charge in [-0.3, -0.25) is 0 Å². The van der Waals surface area contributed by atoms with Crippen LogP contribution in [0.5, 0.6) is 11.5 Å². The van der Waals surface area contributed by atoms with E-state index in [4.69, 9.17) is 19.0 Å². The Hall–Kier alpha value is -2.73. The molecule has 6 heteroatoms. The SMILES string of the molecule is CCCCCCOc1ccc(C2Oc3ccc(Br)cc3C3CC(c4ccc(C)o4)=NN32)cc1. The van der Waals surface area contributed by atoms with Crippen LogP contribution in [0.4, 0.5) is 0 Å². The van der Waals surface area contributed by atoms with E-state index in [-0.39, 0.29) is 12.3 Å². The lowest BCUT2D eigenvalue weighted by atomic mass is 9.97. The van der Waals surface area contributed by atoms with E-state index in [1.165, 1.54) is 19.3 Å². The molecule has 2 atom stereocenters. The standard InChI is InChI=1S/C27H29BrN2O3/c1-3-4-5-6-15-31-21-11-8-19(9-12-21)27-30-24(22-16-20(28)10-14-25(22)33-27)17-23(29-30)26-13-7-18(2)32-26/h7-14,16,24,27H,3-6,15,17H2,1-2H3. The molecule has 172 valence electrons. The number of hydrogen-bond acceptors (Lipinski definition) is 5. The molecule has 0 amide bonds. The van der Waals surface area contributed by atoms with E-state index >= 15 is 0 Å². The van der Waals surface area contributed by atoms with Gasteiger partial charge in [0, 0.05) is 22.0 Å². The zero-order valence-electron chi connectivity index (χ0n) is 19.1. The van der Waals surface area contributed by atoms with Gasteiger partial charge in [-0.2, -0.15) is 5.10 Å². The fourth-order valence-corrected chi connectivity index (χ4v) is 4.84.